The van der Waals surface area contributed by atoms with Crippen LogP contribution in [0.1, 0.15) is 29.7 Å². The molecule has 27 heavy (non-hydrogen) atoms. The van der Waals surface area contributed by atoms with Crippen LogP contribution in [-0.2, 0) is 11.3 Å². The van der Waals surface area contributed by atoms with E-state index in [1.807, 2.05) is 39.0 Å². The van der Waals surface area contributed by atoms with E-state index in [0.717, 1.165) is 15.8 Å². The van der Waals surface area contributed by atoms with Crippen LogP contribution in [0.2, 0.25) is 0 Å². The topological polar surface area (TPSA) is 77.1 Å². The zero-order chi connectivity index (χ0) is 19.6. The Balaban J connectivity index is 1.69. The summed E-state index contributed by atoms with van der Waals surface area (Å²) in [4.78, 5) is 24.2. The van der Waals surface area contributed by atoms with Gasteiger partial charge in [-0.15, -0.1) is 5.10 Å². The van der Waals surface area contributed by atoms with Crippen molar-refractivity contribution in [2.75, 3.05) is 0 Å². The van der Waals surface area contributed by atoms with E-state index in [1.54, 1.807) is 0 Å². The van der Waals surface area contributed by atoms with E-state index in [2.05, 4.69) is 10.4 Å². The van der Waals surface area contributed by atoms with Crippen molar-refractivity contribution in [2.45, 2.75) is 33.4 Å². The second-order valence-corrected chi connectivity index (χ2v) is 6.47. The third kappa shape index (κ3) is 4.31. The van der Waals surface area contributed by atoms with Crippen LogP contribution in [0.25, 0.3) is 11.5 Å². The fourth-order valence-electron chi connectivity index (χ4n) is 2.66. The maximum atomic E-state index is 13.0. The number of rotatable bonds is 5. The normalized spacial score (nSPS) is 12.0. The first-order chi connectivity index (χ1) is 12.8. The smallest absolute Gasteiger partial charge is 0.388 e. The molecule has 0 aliphatic heterocycles. The van der Waals surface area contributed by atoms with Crippen molar-refractivity contribution >= 4 is 5.91 Å². The van der Waals surface area contributed by atoms with Crippen LogP contribution < -0.4 is 11.1 Å². The van der Waals surface area contributed by atoms with Crippen LogP contribution >= 0.6 is 0 Å². The van der Waals surface area contributed by atoms with Gasteiger partial charge in [0.1, 0.15) is 12.4 Å². The third-order valence-electron chi connectivity index (χ3n) is 4.40. The van der Waals surface area contributed by atoms with Crippen LogP contribution in [0, 0.1) is 19.7 Å². The van der Waals surface area contributed by atoms with Gasteiger partial charge in [-0.25, -0.2) is 9.18 Å². The first kappa shape index (κ1) is 18.6. The number of nitrogens with zero attached hydrogens (tertiary/aromatic N) is 2. The number of carbonyl (C=O) groups is 1. The molecule has 0 fully saturated rings. The third-order valence-corrected chi connectivity index (χ3v) is 4.40. The van der Waals surface area contributed by atoms with Gasteiger partial charge < -0.3 is 9.73 Å². The summed E-state index contributed by atoms with van der Waals surface area (Å²) in [7, 11) is 0. The Morgan fingerprint density at radius 3 is 2.56 bits per heavy atom. The molecule has 0 unspecified atom stereocenters. The SMILES string of the molecule is Cc1ccc([C@H](C)NC(=O)Cn2nc(-c3ccc(F)cc3)oc2=O)cc1C. The zero-order valence-electron chi connectivity index (χ0n) is 15.3. The molecule has 0 saturated carbocycles. The van der Waals surface area contributed by atoms with Crippen LogP contribution in [0.5, 0.6) is 0 Å². The molecule has 1 aromatic heterocycles. The van der Waals surface area contributed by atoms with Crippen molar-refractivity contribution < 1.29 is 13.6 Å². The number of aryl methyl sites for hydroxylation is 2. The number of carbonyl (C=O) groups excluding carboxylic acids is 1. The lowest BCUT2D eigenvalue weighted by molar-refractivity contribution is -0.122. The van der Waals surface area contributed by atoms with Crippen LogP contribution in [0.3, 0.4) is 0 Å². The molecule has 1 amide bonds. The van der Waals surface area contributed by atoms with E-state index in [0.29, 0.717) is 5.56 Å². The Hall–Kier alpha value is -3.22. The average molecular weight is 369 g/mol. The van der Waals surface area contributed by atoms with E-state index in [4.69, 9.17) is 4.42 Å². The molecule has 1 atom stereocenters. The minimum Gasteiger partial charge on any atom is -0.388 e. The molecular formula is C20H20FN3O3. The second kappa shape index (κ2) is 7.57. The summed E-state index contributed by atoms with van der Waals surface area (Å²) in [6.45, 7) is 5.65. The Morgan fingerprint density at radius 2 is 1.89 bits per heavy atom. The van der Waals surface area contributed by atoms with E-state index in [-0.39, 0.29) is 24.4 Å². The fraction of sp³-hybridized carbons (Fsp3) is 0.250. The van der Waals surface area contributed by atoms with E-state index in [1.165, 1.54) is 29.8 Å². The van der Waals surface area contributed by atoms with Gasteiger partial charge in [-0.2, -0.15) is 4.68 Å². The summed E-state index contributed by atoms with van der Waals surface area (Å²) in [5, 5.41) is 6.85. The lowest BCUT2D eigenvalue weighted by Crippen LogP contribution is -2.33. The Morgan fingerprint density at radius 1 is 1.19 bits per heavy atom. The highest BCUT2D eigenvalue weighted by Gasteiger charge is 2.15. The summed E-state index contributed by atoms with van der Waals surface area (Å²) in [6.07, 6.45) is 0. The van der Waals surface area contributed by atoms with Crippen LogP contribution in [0.15, 0.2) is 51.7 Å². The monoisotopic (exact) mass is 369 g/mol. The number of amides is 1. The number of hydrogen-bond donors (Lipinski definition) is 1. The molecule has 0 aliphatic carbocycles. The number of hydrogen-bond acceptors (Lipinski definition) is 4. The summed E-state index contributed by atoms with van der Waals surface area (Å²) in [6, 6.07) is 11.2. The molecule has 0 radical (unpaired) electrons. The Labute approximate surface area is 155 Å². The molecule has 0 saturated heterocycles. The van der Waals surface area contributed by atoms with Gasteiger partial charge in [-0.05, 0) is 61.7 Å². The molecule has 3 aromatic rings. The summed E-state index contributed by atoms with van der Waals surface area (Å²) < 4.78 is 19.0. The molecule has 6 nitrogen and oxygen atoms in total. The maximum absolute atomic E-state index is 13.0. The first-order valence-corrected chi connectivity index (χ1v) is 8.54. The molecule has 1 N–H and O–H groups in total. The van der Waals surface area contributed by atoms with E-state index < -0.39 is 11.6 Å². The summed E-state index contributed by atoms with van der Waals surface area (Å²) in [5.41, 5.74) is 3.76. The van der Waals surface area contributed by atoms with Crippen molar-refractivity contribution in [3.8, 4) is 11.5 Å². The molecule has 1 heterocycles. The predicted molar refractivity (Wildman–Crippen MR) is 98.6 cm³/mol. The molecule has 140 valence electrons. The van der Waals surface area contributed by atoms with Gasteiger partial charge in [0.2, 0.25) is 11.8 Å². The van der Waals surface area contributed by atoms with Gasteiger partial charge in [0.05, 0.1) is 6.04 Å². The van der Waals surface area contributed by atoms with Crippen molar-refractivity contribution in [1.29, 1.82) is 0 Å². The highest BCUT2D eigenvalue weighted by Crippen LogP contribution is 2.17. The van der Waals surface area contributed by atoms with Gasteiger partial charge in [-0.3, -0.25) is 4.79 Å². The largest absolute Gasteiger partial charge is 0.437 e. The lowest BCUT2D eigenvalue weighted by atomic mass is 10.0. The number of benzene rings is 2. The number of halogens is 1. The van der Waals surface area contributed by atoms with Crippen LogP contribution in [-0.4, -0.2) is 15.7 Å². The molecule has 7 heteroatoms. The lowest BCUT2D eigenvalue weighted by Gasteiger charge is -2.15. The van der Waals surface area contributed by atoms with Crippen LogP contribution in [0.4, 0.5) is 4.39 Å². The van der Waals surface area contributed by atoms with Crippen molar-refractivity contribution in [3.05, 3.63) is 75.5 Å². The highest BCUT2D eigenvalue weighted by atomic mass is 19.1. The van der Waals surface area contributed by atoms with Gasteiger partial charge in [-0.1, -0.05) is 18.2 Å². The Kier molecular flexibility index (Phi) is 5.21. The zero-order valence-corrected chi connectivity index (χ0v) is 15.3. The summed E-state index contributed by atoms with van der Waals surface area (Å²) >= 11 is 0. The van der Waals surface area contributed by atoms with Gasteiger partial charge in [0.25, 0.3) is 0 Å². The number of aromatic nitrogens is 2. The van der Waals surface area contributed by atoms with Gasteiger partial charge in [0, 0.05) is 5.56 Å². The van der Waals surface area contributed by atoms with Gasteiger partial charge in [0.15, 0.2) is 0 Å². The fourth-order valence-corrected chi connectivity index (χ4v) is 2.66. The number of nitrogens with one attached hydrogen (secondary N) is 1. The molecular weight excluding hydrogens is 349 g/mol. The van der Waals surface area contributed by atoms with Gasteiger partial charge >= 0.3 is 5.76 Å². The van der Waals surface area contributed by atoms with E-state index >= 15 is 0 Å². The van der Waals surface area contributed by atoms with E-state index in [9.17, 15) is 14.0 Å². The highest BCUT2D eigenvalue weighted by molar-refractivity contribution is 5.76. The molecule has 0 spiro atoms. The minimum absolute atomic E-state index is 0.0370. The minimum atomic E-state index is -0.747. The molecule has 2 aromatic carbocycles. The summed E-state index contributed by atoms with van der Waals surface area (Å²) in [5.74, 6) is -1.47. The second-order valence-electron chi connectivity index (χ2n) is 6.47. The molecule has 0 aliphatic rings. The standard InChI is InChI=1S/C20H20FN3O3/c1-12-4-5-16(10-13(12)2)14(3)22-18(25)11-24-20(26)27-19(23-24)15-6-8-17(21)9-7-15/h4-10,14H,11H2,1-3H3,(H,22,25)/t14-/m0/s1. The maximum Gasteiger partial charge on any atom is 0.437 e. The van der Waals surface area contributed by atoms with Crippen molar-refractivity contribution in [2.24, 2.45) is 0 Å². The first-order valence-electron chi connectivity index (χ1n) is 8.54. The van der Waals surface area contributed by atoms with Crippen molar-refractivity contribution in [3.63, 3.8) is 0 Å². The molecule has 0 bridgehead atoms. The predicted octanol–water partition coefficient (Wildman–Crippen LogP) is 3.14. The van der Waals surface area contributed by atoms with Crippen molar-refractivity contribution in [1.82, 2.24) is 15.1 Å². The Bertz CT molecular complexity index is 1020. The molecule has 3 rings (SSSR count). The average Bonchev–Trinajstić information content (AvgIpc) is 2.98. The quantitative estimate of drug-likeness (QED) is 0.750.